The van der Waals surface area contributed by atoms with Crippen molar-refractivity contribution in [1.82, 2.24) is 0 Å². The quantitative estimate of drug-likeness (QED) is 0.528. The minimum Gasteiger partial charge on any atom is -0.374 e. The lowest BCUT2D eigenvalue weighted by Crippen LogP contribution is -2.46. The van der Waals surface area contributed by atoms with Gasteiger partial charge in [-0.3, -0.25) is 0 Å². The van der Waals surface area contributed by atoms with Gasteiger partial charge >= 0.3 is 8.80 Å². The fraction of sp³-hybridized carbons (Fsp3) is 1.00. The Balaban J connectivity index is 4.40. The van der Waals surface area contributed by atoms with Crippen LogP contribution in [0.15, 0.2) is 0 Å². The lowest BCUT2D eigenvalue weighted by molar-refractivity contribution is 0.0190. The monoisotopic (exact) mass is 276 g/mol. The van der Waals surface area contributed by atoms with Crippen LogP contribution in [0.4, 0.5) is 0 Å². The molecule has 0 aromatic heterocycles. The molecular formula is C14H32O3Si. The molecule has 0 bridgehead atoms. The highest BCUT2D eigenvalue weighted by molar-refractivity contribution is 6.59. The molecule has 0 N–H and O–H groups in total. The molecule has 0 aromatic rings. The third kappa shape index (κ3) is 6.88. The Morgan fingerprint density at radius 1 is 1.00 bits per heavy atom. The fourth-order valence-electron chi connectivity index (χ4n) is 2.31. The van der Waals surface area contributed by atoms with Gasteiger partial charge in [0.05, 0.1) is 0 Å². The summed E-state index contributed by atoms with van der Waals surface area (Å²) in [7, 11) is -2.43. The zero-order chi connectivity index (χ0) is 14.0. The lowest BCUT2D eigenvalue weighted by atomic mass is 9.94. The van der Waals surface area contributed by atoms with E-state index in [2.05, 4.69) is 20.8 Å². The summed E-state index contributed by atoms with van der Waals surface area (Å²) in [4.78, 5) is 0. The van der Waals surface area contributed by atoms with Crippen LogP contribution in [0.1, 0.15) is 60.3 Å². The molecule has 0 spiro atoms. The minimum atomic E-state index is -2.43. The maximum atomic E-state index is 6.16. The molecule has 0 amide bonds. The summed E-state index contributed by atoms with van der Waals surface area (Å²) in [5.74, 6) is 0.609. The predicted molar refractivity (Wildman–Crippen MR) is 78.7 cm³/mol. The van der Waals surface area contributed by atoms with Crippen molar-refractivity contribution in [3.8, 4) is 0 Å². The first-order valence-corrected chi connectivity index (χ1v) is 9.71. The van der Waals surface area contributed by atoms with Gasteiger partial charge in [0, 0.05) is 25.9 Å². The molecule has 2 atom stereocenters. The van der Waals surface area contributed by atoms with Gasteiger partial charge in [0.2, 0.25) is 0 Å². The van der Waals surface area contributed by atoms with Crippen molar-refractivity contribution < 1.29 is 13.3 Å². The summed E-state index contributed by atoms with van der Waals surface area (Å²) >= 11 is 0. The summed E-state index contributed by atoms with van der Waals surface area (Å²) in [6.45, 7) is 13.9. The second kappa shape index (κ2) is 9.95. The molecule has 0 aliphatic carbocycles. The molecule has 0 saturated heterocycles. The highest BCUT2D eigenvalue weighted by Crippen LogP contribution is 2.23. The number of rotatable bonds is 11. The van der Waals surface area contributed by atoms with Crippen LogP contribution < -0.4 is 0 Å². The Morgan fingerprint density at radius 2 is 1.56 bits per heavy atom. The molecule has 0 fully saturated rings. The molecule has 18 heavy (non-hydrogen) atoms. The van der Waals surface area contributed by atoms with Crippen molar-refractivity contribution in [1.29, 1.82) is 0 Å². The van der Waals surface area contributed by atoms with E-state index in [1.165, 1.54) is 19.3 Å². The SMILES string of the molecule is CCCCC(CC)C(C)O[Si](C)(OCC)OCC. The zero-order valence-electron chi connectivity index (χ0n) is 13.1. The highest BCUT2D eigenvalue weighted by atomic mass is 28.4. The lowest BCUT2D eigenvalue weighted by Gasteiger charge is -2.32. The Hall–Kier alpha value is 0.0969. The van der Waals surface area contributed by atoms with Crippen molar-refractivity contribution in [2.75, 3.05) is 13.2 Å². The van der Waals surface area contributed by atoms with E-state index in [-0.39, 0.29) is 6.10 Å². The highest BCUT2D eigenvalue weighted by Gasteiger charge is 2.37. The molecular weight excluding hydrogens is 244 g/mol. The van der Waals surface area contributed by atoms with Gasteiger partial charge in [-0.25, -0.2) is 0 Å². The molecule has 0 aliphatic rings. The van der Waals surface area contributed by atoms with Crippen LogP contribution in [0.3, 0.4) is 0 Å². The van der Waals surface area contributed by atoms with E-state index in [1.54, 1.807) is 0 Å². The molecule has 0 radical (unpaired) electrons. The molecule has 0 heterocycles. The van der Waals surface area contributed by atoms with Gasteiger partial charge in [0.15, 0.2) is 0 Å². The topological polar surface area (TPSA) is 27.7 Å². The van der Waals surface area contributed by atoms with Crippen LogP contribution in [0.25, 0.3) is 0 Å². The molecule has 0 aliphatic heterocycles. The van der Waals surface area contributed by atoms with E-state index in [1.807, 2.05) is 20.4 Å². The molecule has 4 heteroatoms. The Morgan fingerprint density at radius 3 is 1.94 bits per heavy atom. The largest absolute Gasteiger partial charge is 0.497 e. The molecule has 0 saturated carbocycles. The smallest absolute Gasteiger partial charge is 0.374 e. The molecule has 0 rings (SSSR count). The normalized spacial score (nSPS) is 15.7. The maximum Gasteiger partial charge on any atom is 0.497 e. The summed E-state index contributed by atoms with van der Waals surface area (Å²) in [5.41, 5.74) is 0. The first-order chi connectivity index (χ1) is 8.52. The Labute approximate surface area is 115 Å². The van der Waals surface area contributed by atoms with Crippen molar-refractivity contribution in [2.45, 2.75) is 73.0 Å². The molecule has 110 valence electrons. The molecule has 0 aromatic carbocycles. The van der Waals surface area contributed by atoms with Crippen LogP contribution in [0.5, 0.6) is 0 Å². The average Bonchev–Trinajstić information content (AvgIpc) is 2.30. The van der Waals surface area contributed by atoms with Crippen LogP contribution in [-0.4, -0.2) is 28.1 Å². The van der Waals surface area contributed by atoms with Crippen LogP contribution in [0, 0.1) is 5.92 Å². The van der Waals surface area contributed by atoms with Gasteiger partial charge in [-0.05, 0) is 33.1 Å². The second-order valence-corrected chi connectivity index (χ2v) is 7.40. The zero-order valence-corrected chi connectivity index (χ0v) is 14.1. The standard InChI is InChI=1S/C14H32O3Si/c1-7-11-12-14(8-2)13(5)17-18(6,15-9-3)16-10-4/h13-14H,7-12H2,1-6H3. The minimum absolute atomic E-state index is 0.219. The van der Waals surface area contributed by atoms with Crippen molar-refractivity contribution in [3.05, 3.63) is 0 Å². The van der Waals surface area contributed by atoms with Gasteiger partial charge in [0.25, 0.3) is 0 Å². The fourth-order valence-corrected chi connectivity index (χ4v) is 4.44. The summed E-state index contributed by atoms with van der Waals surface area (Å²) < 4.78 is 17.6. The van der Waals surface area contributed by atoms with E-state index < -0.39 is 8.80 Å². The van der Waals surface area contributed by atoms with E-state index >= 15 is 0 Å². The summed E-state index contributed by atoms with van der Waals surface area (Å²) in [6.07, 6.45) is 5.12. The van der Waals surface area contributed by atoms with Gasteiger partial charge in [-0.15, -0.1) is 0 Å². The van der Waals surface area contributed by atoms with E-state index in [0.29, 0.717) is 19.1 Å². The van der Waals surface area contributed by atoms with Crippen LogP contribution in [-0.2, 0) is 13.3 Å². The average molecular weight is 276 g/mol. The first kappa shape index (κ1) is 18.1. The first-order valence-electron chi connectivity index (χ1n) is 7.48. The van der Waals surface area contributed by atoms with Gasteiger partial charge in [-0.1, -0.05) is 33.1 Å². The third-order valence-electron chi connectivity index (χ3n) is 3.33. The van der Waals surface area contributed by atoms with Gasteiger partial charge in [0.1, 0.15) is 0 Å². The number of hydrogen-bond acceptors (Lipinski definition) is 3. The number of hydrogen-bond donors (Lipinski definition) is 0. The molecule has 2 unspecified atom stereocenters. The van der Waals surface area contributed by atoms with Crippen LogP contribution >= 0.6 is 0 Å². The van der Waals surface area contributed by atoms with E-state index in [9.17, 15) is 0 Å². The Bertz CT molecular complexity index is 193. The van der Waals surface area contributed by atoms with Crippen LogP contribution in [0.2, 0.25) is 6.55 Å². The van der Waals surface area contributed by atoms with E-state index in [0.717, 1.165) is 6.42 Å². The van der Waals surface area contributed by atoms with Gasteiger partial charge in [-0.2, -0.15) is 0 Å². The van der Waals surface area contributed by atoms with Crippen molar-refractivity contribution in [3.63, 3.8) is 0 Å². The summed E-state index contributed by atoms with van der Waals surface area (Å²) in [5, 5.41) is 0. The van der Waals surface area contributed by atoms with E-state index in [4.69, 9.17) is 13.3 Å². The number of unbranched alkanes of at least 4 members (excludes halogenated alkanes) is 1. The van der Waals surface area contributed by atoms with Gasteiger partial charge < -0.3 is 13.3 Å². The third-order valence-corrected chi connectivity index (χ3v) is 5.76. The van der Waals surface area contributed by atoms with Crippen molar-refractivity contribution >= 4 is 8.80 Å². The Kier molecular flexibility index (Phi) is 10.0. The van der Waals surface area contributed by atoms with Crippen molar-refractivity contribution in [2.24, 2.45) is 5.92 Å². The molecule has 3 nitrogen and oxygen atoms in total. The maximum absolute atomic E-state index is 6.16. The predicted octanol–water partition coefficient (Wildman–Crippen LogP) is 4.25. The second-order valence-electron chi connectivity index (χ2n) is 4.86. The summed E-state index contributed by atoms with van der Waals surface area (Å²) in [6, 6.07) is 0.